The average Bonchev–Trinajstić information content (AvgIpc) is 2.93. The number of hydrogen-bond acceptors (Lipinski definition) is 6. The van der Waals surface area contributed by atoms with Gasteiger partial charge in [-0.1, -0.05) is 13.8 Å². The standard InChI is InChI=1S/C17H24N6O3/c1-3-17(4-2)15(25)23(16(26)20-17)12-14(24)22-9-7-21(8-10-22)13-11-18-5-6-19-13/h5-6,11H,3-4,7-10,12H2,1-2H3,(H,20,26). The molecular weight excluding hydrogens is 336 g/mol. The molecule has 26 heavy (non-hydrogen) atoms. The predicted molar refractivity (Wildman–Crippen MR) is 94.4 cm³/mol. The van der Waals surface area contributed by atoms with Crippen LogP contribution in [0.1, 0.15) is 26.7 Å². The second-order valence-corrected chi connectivity index (χ2v) is 6.54. The molecule has 9 heteroatoms. The maximum atomic E-state index is 12.6. The van der Waals surface area contributed by atoms with Gasteiger partial charge in [0, 0.05) is 38.6 Å². The first-order chi connectivity index (χ1) is 12.5. The van der Waals surface area contributed by atoms with Crippen LogP contribution in [-0.4, -0.2) is 75.9 Å². The largest absolute Gasteiger partial charge is 0.352 e. The molecule has 9 nitrogen and oxygen atoms in total. The zero-order valence-electron chi connectivity index (χ0n) is 15.1. The zero-order chi connectivity index (χ0) is 18.7. The molecule has 140 valence electrons. The normalized spacial score (nSPS) is 19.7. The highest BCUT2D eigenvalue weighted by molar-refractivity contribution is 6.09. The quantitative estimate of drug-likeness (QED) is 0.755. The van der Waals surface area contributed by atoms with Crippen molar-refractivity contribution in [2.75, 3.05) is 37.6 Å². The Hall–Kier alpha value is -2.71. The highest BCUT2D eigenvalue weighted by atomic mass is 16.2. The van der Waals surface area contributed by atoms with Gasteiger partial charge in [-0.15, -0.1) is 0 Å². The third kappa shape index (κ3) is 3.21. The molecule has 0 spiro atoms. The molecule has 2 saturated heterocycles. The number of aromatic nitrogens is 2. The van der Waals surface area contributed by atoms with Crippen molar-refractivity contribution in [2.24, 2.45) is 0 Å². The van der Waals surface area contributed by atoms with Crippen molar-refractivity contribution in [3.05, 3.63) is 18.6 Å². The van der Waals surface area contributed by atoms with Crippen molar-refractivity contribution in [2.45, 2.75) is 32.2 Å². The molecule has 1 N–H and O–H groups in total. The Bertz CT molecular complexity index is 683. The maximum Gasteiger partial charge on any atom is 0.325 e. The van der Waals surface area contributed by atoms with Gasteiger partial charge in [-0.25, -0.2) is 9.78 Å². The minimum Gasteiger partial charge on any atom is -0.352 e. The highest BCUT2D eigenvalue weighted by Crippen LogP contribution is 2.25. The summed E-state index contributed by atoms with van der Waals surface area (Å²) in [5, 5.41) is 2.75. The Morgan fingerprint density at radius 2 is 1.85 bits per heavy atom. The van der Waals surface area contributed by atoms with Gasteiger partial charge in [0.25, 0.3) is 5.91 Å². The van der Waals surface area contributed by atoms with E-state index in [-0.39, 0.29) is 18.4 Å². The molecule has 0 bridgehead atoms. The molecule has 3 rings (SSSR count). The molecule has 2 fully saturated rings. The minimum atomic E-state index is -0.873. The number of amides is 4. The molecule has 0 aromatic carbocycles. The summed E-state index contributed by atoms with van der Waals surface area (Å²) < 4.78 is 0. The van der Waals surface area contributed by atoms with Crippen molar-refractivity contribution < 1.29 is 14.4 Å². The number of nitrogens with zero attached hydrogens (tertiary/aromatic N) is 5. The van der Waals surface area contributed by atoms with Crippen molar-refractivity contribution in [3.8, 4) is 0 Å². The third-order valence-electron chi connectivity index (χ3n) is 5.25. The minimum absolute atomic E-state index is 0.211. The van der Waals surface area contributed by atoms with Gasteiger partial charge in [-0.2, -0.15) is 0 Å². The van der Waals surface area contributed by atoms with E-state index in [9.17, 15) is 14.4 Å². The first kappa shape index (κ1) is 18.1. The van der Waals surface area contributed by atoms with Crippen LogP contribution in [0.4, 0.5) is 10.6 Å². The Morgan fingerprint density at radius 1 is 1.15 bits per heavy atom. The molecule has 4 amide bonds. The van der Waals surface area contributed by atoms with Gasteiger partial charge in [0.05, 0.1) is 6.20 Å². The van der Waals surface area contributed by atoms with Crippen LogP contribution in [0.15, 0.2) is 18.6 Å². The van der Waals surface area contributed by atoms with Crippen LogP contribution in [0, 0.1) is 0 Å². The molecule has 3 heterocycles. The summed E-state index contributed by atoms with van der Waals surface area (Å²) in [7, 11) is 0. The summed E-state index contributed by atoms with van der Waals surface area (Å²) in [6.07, 6.45) is 5.97. The molecule has 1 aromatic rings. The van der Waals surface area contributed by atoms with Crippen molar-refractivity contribution in [3.63, 3.8) is 0 Å². The lowest BCUT2D eigenvalue weighted by molar-refractivity contribution is -0.139. The number of nitrogens with one attached hydrogen (secondary N) is 1. The van der Waals surface area contributed by atoms with E-state index in [1.165, 1.54) is 0 Å². The second-order valence-electron chi connectivity index (χ2n) is 6.54. The van der Waals surface area contributed by atoms with Gasteiger partial charge < -0.3 is 15.1 Å². The van der Waals surface area contributed by atoms with Gasteiger partial charge >= 0.3 is 6.03 Å². The number of hydrogen-bond donors (Lipinski definition) is 1. The zero-order valence-corrected chi connectivity index (χ0v) is 15.1. The third-order valence-corrected chi connectivity index (χ3v) is 5.25. The molecule has 2 aliphatic heterocycles. The summed E-state index contributed by atoms with van der Waals surface area (Å²) >= 11 is 0. The topological polar surface area (TPSA) is 98.7 Å². The van der Waals surface area contributed by atoms with Crippen LogP contribution in [0.25, 0.3) is 0 Å². The first-order valence-corrected chi connectivity index (χ1v) is 8.93. The van der Waals surface area contributed by atoms with Crippen molar-refractivity contribution in [1.82, 2.24) is 25.1 Å². The molecular formula is C17H24N6O3. The van der Waals surface area contributed by atoms with Gasteiger partial charge in [-0.05, 0) is 12.8 Å². The molecule has 0 radical (unpaired) electrons. The van der Waals surface area contributed by atoms with Crippen LogP contribution in [-0.2, 0) is 9.59 Å². The molecule has 0 saturated carbocycles. The fraction of sp³-hybridized carbons (Fsp3) is 0.588. The van der Waals surface area contributed by atoms with Gasteiger partial charge in [0.15, 0.2) is 0 Å². The van der Waals surface area contributed by atoms with Gasteiger partial charge in [0.1, 0.15) is 17.9 Å². The van der Waals surface area contributed by atoms with Crippen LogP contribution in [0.2, 0.25) is 0 Å². The number of imide groups is 1. The van der Waals surface area contributed by atoms with E-state index in [2.05, 4.69) is 20.2 Å². The SMILES string of the molecule is CCC1(CC)NC(=O)N(CC(=O)N2CCN(c3cnccn3)CC2)C1=O. The fourth-order valence-electron chi connectivity index (χ4n) is 3.42. The van der Waals surface area contributed by atoms with Crippen LogP contribution < -0.4 is 10.2 Å². The maximum absolute atomic E-state index is 12.6. The molecule has 0 aliphatic carbocycles. The van der Waals surface area contributed by atoms with Crippen LogP contribution in [0.5, 0.6) is 0 Å². The number of carbonyl (C=O) groups is 3. The summed E-state index contributed by atoms with van der Waals surface area (Å²) in [6, 6.07) is -0.481. The Balaban J connectivity index is 1.58. The van der Waals surface area contributed by atoms with E-state index in [4.69, 9.17) is 0 Å². The summed E-state index contributed by atoms with van der Waals surface area (Å²) in [4.78, 5) is 50.5. The lowest BCUT2D eigenvalue weighted by atomic mass is 9.93. The van der Waals surface area contributed by atoms with E-state index in [1.807, 2.05) is 13.8 Å². The molecule has 0 unspecified atom stereocenters. The van der Waals surface area contributed by atoms with Crippen LogP contribution in [0.3, 0.4) is 0 Å². The lowest BCUT2D eigenvalue weighted by Gasteiger charge is -2.35. The predicted octanol–water partition coefficient (Wildman–Crippen LogP) is 0.236. The second kappa shape index (κ2) is 7.27. The summed E-state index contributed by atoms with van der Waals surface area (Å²) in [6.45, 7) is 5.82. The van der Waals surface area contributed by atoms with Gasteiger partial charge in [0.2, 0.25) is 5.91 Å². The van der Waals surface area contributed by atoms with E-state index in [0.717, 1.165) is 10.7 Å². The number of rotatable bonds is 5. The number of carbonyl (C=O) groups excluding carboxylic acids is 3. The number of piperazine rings is 1. The van der Waals surface area contributed by atoms with Crippen LogP contribution >= 0.6 is 0 Å². The molecule has 0 atom stereocenters. The lowest BCUT2D eigenvalue weighted by Crippen LogP contribution is -2.52. The van der Waals surface area contributed by atoms with E-state index >= 15 is 0 Å². The smallest absolute Gasteiger partial charge is 0.325 e. The summed E-state index contributed by atoms with van der Waals surface area (Å²) in [5.74, 6) is 0.263. The molecule has 2 aliphatic rings. The highest BCUT2D eigenvalue weighted by Gasteiger charge is 2.49. The van der Waals surface area contributed by atoms with Crippen molar-refractivity contribution >= 4 is 23.7 Å². The van der Waals surface area contributed by atoms with Crippen molar-refractivity contribution in [1.29, 1.82) is 0 Å². The Morgan fingerprint density at radius 3 is 2.38 bits per heavy atom. The number of anilines is 1. The Labute approximate surface area is 152 Å². The average molecular weight is 360 g/mol. The van der Waals surface area contributed by atoms with Gasteiger partial charge in [-0.3, -0.25) is 19.5 Å². The monoisotopic (exact) mass is 360 g/mol. The first-order valence-electron chi connectivity index (χ1n) is 8.93. The van der Waals surface area contributed by atoms with E-state index in [0.29, 0.717) is 39.0 Å². The van der Waals surface area contributed by atoms with E-state index in [1.54, 1.807) is 23.5 Å². The summed E-state index contributed by atoms with van der Waals surface area (Å²) in [5.41, 5.74) is -0.873. The molecule has 1 aromatic heterocycles. The number of urea groups is 1. The fourth-order valence-corrected chi connectivity index (χ4v) is 3.42. The van der Waals surface area contributed by atoms with E-state index < -0.39 is 11.6 Å². The Kier molecular flexibility index (Phi) is 5.06.